The van der Waals surface area contributed by atoms with Crippen LogP contribution in [0.2, 0.25) is 0 Å². The van der Waals surface area contributed by atoms with Crippen LogP contribution in [0.25, 0.3) is 22.3 Å². The molecular weight excluding hydrogens is 338 g/mol. The number of nitrogens with one attached hydrogen (secondary N) is 2. The van der Waals surface area contributed by atoms with Crippen LogP contribution in [0.4, 0.5) is 5.82 Å². The van der Waals surface area contributed by atoms with E-state index in [0.29, 0.717) is 6.61 Å². The largest absolute Gasteiger partial charge is 0.472 e. The van der Waals surface area contributed by atoms with E-state index in [1.165, 1.54) is 24.0 Å². The number of fused-ring (bicyclic) bond motifs is 3. The van der Waals surface area contributed by atoms with Crippen LogP contribution in [0.5, 0.6) is 5.88 Å². The molecule has 2 fully saturated rings. The summed E-state index contributed by atoms with van der Waals surface area (Å²) in [7, 11) is 0. The zero-order valence-corrected chi connectivity index (χ0v) is 15.0. The first-order chi connectivity index (χ1) is 13.3. The predicted octanol–water partition coefficient (Wildman–Crippen LogP) is 2.97. The van der Waals surface area contributed by atoms with Gasteiger partial charge in [-0.15, -0.1) is 0 Å². The molecule has 2 aromatic heterocycles. The Morgan fingerprint density at radius 3 is 2.81 bits per heavy atom. The zero-order chi connectivity index (χ0) is 17.8. The molecule has 0 radical (unpaired) electrons. The minimum Gasteiger partial charge on any atom is -0.472 e. The lowest BCUT2D eigenvalue weighted by Crippen LogP contribution is -2.61. The molecule has 3 aromatic rings. The van der Waals surface area contributed by atoms with Crippen molar-refractivity contribution in [3.05, 3.63) is 48.3 Å². The molecule has 3 aliphatic heterocycles. The molecule has 2 saturated heterocycles. The van der Waals surface area contributed by atoms with Crippen LogP contribution in [-0.4, -0.2) is 40.4 Å². The number of ether oxygens (including phenoxy) is 1. The molecule has 1 spiro atoms. The highest BCUT2D eigenvalue weighted by Crippen LogP contribution is 2.43. The van der Waals surface area contributed by atoms with E-state index in [-0.39, 0.29) is 5.54 Å². The van der Waals surface area contributed by atoms with Gasteiger partial charge in [0.1, 0.15) is 12.4 Å². The van der Waals surface area contributed by atoms with Gasteiger partial charge in [0.25, 0.3) is 0 Å². The van der Waals surface area contributed by atoms with Gasteiger partial charge in [-0.05, 0) is 54.3 Å². The fourth-order valence-electron chi connectivity index (χ4n) is 4.68. The minimum atomic E-state index is 0.271. The van der Waals surface area contributed by atoms with E-state index < -0.39 is 0 Å². The average Bonchev–Trinajstić information content (AvgIpc) is 3.39. The molecule has 0 amide bonds. The molecule has 1 aromatic carbocycles. The summed E-state index contributed by atoms with van der Waals surface area (Å²) in [4.78, 5) is 7.34. The van der Waals surface area contributed by atoms with Crippen molar-refractivity contribution < 1.29 is 4.74 Å². The first kappa shape index (κ1) is 15.2. The molecule has 1 atom stereocenters. The molecule has 5 heterocycles. The van der Waals surface area contributed by atoms with Crippen LogP contribution < -0.4 is 15.0 Å². The standard InChI is InChI=1S/C21H21N5O/c1-2-17-15(9-14(1)16-10-23-24-11-16)12-27-20-18(17)3-4-19(25-20)26-8-6-21(26)5-7-22-13-21/h1-4,9-11,22H,5-8,12-13H2,(H,23,24). The van der Waals surface area contributed by atoms with Gasteiger partial charge >= 0.3 is 0 Å². The molecule has 6 heteroatoms. The number of hydrogen-bond donors (Lipinski definition) is 2. The summed E-state index contributed by atoms with van der Waals surface area (Å²) < 4.78 is 6.06. The first-order valence-corrected chi connectivity index (χ1v) is 9.57. The first-order valence-electron chi connectivity index (χ1n) is 9.57. The van der Waals surface area contributed by atoms with Crippen LogP contribution in [0.1, 0.15) is 18.4 Å². The molecule has 1 unspecified atom stereocenters. The van der Waals surface area contributed by atoms with Gasteiger partial charge in [0.05, 0.1) is 11.7 Å². The Bertz CT molecular complexity index is 1010. The smallest absolute Gasteiger partial charge is 0.223 e. The molecule has 0 saturated carbocycles. The van der Waals surface area contributed by atoms with Gasteiger partial charge in [0.15, 0.2) is 0 Å². The molecule has 2 N–H and O–H groups in total. The zero-order valence-electron chi connectivity index (χ0n) is 15.0. The maximum absolute atomic E-state index is 6.06. The summed E-state index contributed by atoms with van der Waals surface area (Å²) in [5, 5.41) is 10.4. The summed E-state index contributed by atoms with van der Waals surface area (Å²) in [6.45, 7) is 3.80. The third-order valence-corrected chi connectivity index (χ3v) is 6.31. The molecule has 6 nitrogen and oxygen atoms in total. The van der Waals surface area contributed by atoms with E-state index >= 15 is 0 Å². The Balaban J connectivity index is 1.35. The highest BCUT2D eigenvalue weighted by atomic mass is 16.5. The van der Waals surface area contributed by atoms with Crippen LogP contribution in [-0.2, 0) is 6.61 Å². The van der Waals surface area contributed by atoms with Crippen molar-refractivity contribution in [1.29, 1.82) is 0 Å². The minimum absolute atomic E-state index is 0.271. The van der Waals surface area contributed by atoms with Gasteiger partial charge in [0, 0.05) is 30.4 Å². The Morgan fingerprint density at radius 1 is 1.07 bits per heavy atom. The Labute approximate surface area is 157 Å². The monoisotopic (exact) mass is 359 g/mol. The van der Waals surface area contributed by atoms with E-state index in [1.54, 1.807) is 0 Å². The Hall–Kier alpha value is -2.86. The van der Waals surface area contributed by atoms with Crippen LogP contribution >= 0.6 is 0 Å². The second-order valence-corrected chi connectivity index (χ2v) is 7.72. The van der Waals surface area contributed by atoms with E-state index in [2.05, 4.69) is 50.7 Å². The van der Waals surface area contributed by atoms with Crippen molar-refractivity contribution in [1.82, 2.24) is 20.5 Å². The van der Waals surface area contributed by atoms with Crippen LogP contribution in [0.15, 0.2) is 42.7 Å². The lowest BCUT2D eigenvalue weighted by Gasteiger charge is -2.51. The van der Waals surface area contributed by atoms with Crippen molar-refractivity contribution in [3.63, 3.8) is 0 Å². The molecule has 3 aliphatic rings. The maximum atomic E-state index is 6.06. The number of benzene rings is 1. The SMILES string of the molecule is c1cc2c(cc1-c1cn[nH]c1)COc1nc(N3CCC34CCNC4)ccc1-2. The van der Waals surface area contributed by atoms with Crippen LogP contribution in [0, 0.1) is 0 Å². The Kier molecular flexibility index (Phi) is 3.14. The fourth-order valence-corrected chi connectivity index (χ4v) is 4.68. The lowest BCUT2D eigenvalue weighted by atomic mass is 9.83. The fraction of sp³-hybridized carbons (Fsp3) is 0.333. The molecular formula is C21H21N5O. The quantitative estimate of drug-likeness (QED) is 0.736. The topological polar surface area (TPSA) is 66.1 Å². The summed E-state index contributed by atoms with van der Waals surface area (Å²) in [5.74, 6) is 1.80. The summed E-state index contributed by atoms with van der Waals surface area (Å²) in [5.41, 5.74) is 5.99. The van der Waals surface area contributed by atoms with Gasteiger partial charge in [-0.3, -0.25) is 5.10 Å². The van der Waals surface area contributed by atoms with E-state index in [0.717, 1.165) is 48.0 Å². The van der Waals surface area contributed by atoms with Crippen molar-refractivity contribution in [2.45, 2.75) is 25.0 Å². The third-order valence-electron chi connectivity index (χ3n) is 6.31. The number of hydrogen-bond acceptors (Lipinski definition) is 5. The number of aromatic nitrogens is 3. The maximum Gasteiger partial charge on any atom is 0.223 e. The second kappa shape index (κ2) is 5.57. The predicted molar refractivity (Wildman–Crippen MR) is 104 cm³/mol. The van der Waals surface area contributed by atoms with Gasteiger partial charge in [-0.25, -0.2) is 0 Å². The van der Waals surface area contributed by atoms with Crippen molar-refractivity contribution in [2.24, 2.45) is 0 Å². The molecule has 6 rings (SSSR count). The molecule has 136 valence electrons. The van der Waals surface area contributed by atoms with E-state index in [9.17, 15) is 0 Å². The molecule has 27 heavy (non-hydrogen) atoms. The number of nitrogens with zero attached hydrogens (tertiary/aromatic N) is 3. The van der Waals surface area contributed by atoms with Gasteiger partial charge in [0.2, 0.25) is 5.88 Å². The lowest BCUT2D eigenvalue weighted by molar-refractivity contribution is 0.281. The van der Waals surface area contributed by atoms with Gasteiger partial charge in [-0.1, -0.05) is 12.1 Å². The number of anilines is 1. The van der Waals surface area contributed by atoms with Crippen molar-refractivity contribution in [3.8, 4) is 28.1 Å². The number of H-pyrrole nitrogens is 1. The van der Waals surface area contributed by atoms with Crippen molar-refractivity contribution in [2.75, 3.05) is 24.5 Å². The van der Waals surface area contributed by atoms with E-state index in [4.69, 9.17) is 9.72 Å². The normalized spacial score (nSPS) is 22.9. The van der Waals surface area contributed by atoms with Crippen molar-refractivity contribution >= 4 is 5.82 Å². The average molecular weight is 359 g/mol. The number of pyridine rings is 1. The Morgan fingerprint density at radius 2 is 2.04 bits per heavy atom. The highest BCUT2D eigenvalue weighted by molar-refractivity contribution is 5.78. The second-order valence-electron chi connectivity index (χ2n) is 7.72. The van der Waals surface area contributed by atoms with Gasteiger partial charge in [-0.2, -0.15) is 10.1 Å². The number of rotatable bonds is 2. The molecule has 0 aliphatic carbocycles. The molecule has 0 bridgehead atoms. The van der Waals surface area contributed by atoms with Crippen LogP contribution in [0.3, 0.4) is 0 Å². The van der Waals surface area contributed by atoms with Gasteiger partial charge < -0.3 is 15.0 Å². The third kappa shape index (κ3) is 2.23. The highest BCUT2D eigenvalue weighted by Gasteiger charge is 2.47. The summed E-state index contributed by atoms with van der Waals surface area (Å²) >= 11 is 0. The number of aromatic amines is 1. The van der Waals surface area contributed by atoms with E-state index in [1.807, 2.05) is 12.4 Å². The summed E-state index contributed by atoms with van der Waals surface area (Å²) in [6, 6.07) is 10.8. The summed E-state index contributed by atoms with van der Waals surface area (Å²) in [6.07, 6.45) is 6.20.